The van der Waals surface area contributed by atoms with Crippen molar-refractivity contribution in [2.75, 3.05) is 0 Å². The number of rotatable bonds is 0. The van der Waals surface area contributed by atoms with E-state index in [9.17, 15) is 0 Å². The molecule has 17 heavy (non-hydrogen) atoms. The van der Waals surface area contributed by atoms with Crippen LogP contribution in [-0.4, -0.2) is 21.6 Å². The minimum absolute atomic E-state index is 0.117. The second-order valence-electron chi connectivity index (χ2n) is 5.19. The molecule has 1 aromatic carbocycles. The van der Waals surface area contributed by atoms with Gasteiger partial charge in [-0.1, -0.05) is 29.4 Å². The Morgan fingerprint density at radius 1 is 1.47 bits per heavy atom. The standard InChI is InChI=1S/C13H19N3O/c1-9-11-7-5-4-6-10(11)8-13(2,3)16(9)12(14)15-17/h4-7,9,17H,8H2,1-3H3,(H2,14,15)/t9-/m0/s1. The summed E-state index contributed by atoms with van der Waals surface area (Å²) in [6, 6.07) is 8.45. The van der Waals surface area contributed by atoms with Gasteiger partial charge in [0.2, 0.25) is 5.96 Å². The van der Waals surface area contributed by atoms with Gasteiger partial charge in [0.15, 0.2) is 0 Å². The molecular formula is C13H19N3O. The fraction of sp³-hybridized carbons (Fsp3) is 0.462. The van der Waals surface area contributed by atoms with Crippen molar-refractivity contribution >= 4 is 5.96 Å². The van der Waals surface area contributed by atoms with Gasteiger partial charge >= 0.3 is 0 Å². The minimum Gasteiger partial charge on any atom is -0.408 e. The van der Waals surface area contributed by atoms with E-state index in [4.69, 9.17) is 10.9 Å². The molecule has 0 spiro atoms. The maximum Gasteiger partial charge on any atom is 0.234 e. The Labute approximate surface area is 102 Å². The molecule has 0 aliphatic carbocycles. The lowest BCUT2D eigenvalue weighted by Gasteiger charge is -2.47. The quantitative estimate of drug-likeness (QED) is 0.312. The number of hydrogen-bond donors (Lipinski definition) is 2. The molecule has 0 aromatic heterocycles. The first-order valence-electron chi connectivity index (χ1n) is 5.82. The number of nitrogens with two attached hydrogens (primary N) is 1. The molecule has 0 fully saturated rings. The lowest BCUT2D eigenvalue weighted by atomic mass is 9.82. The molecule has 1 aromatic rings. The summed E-state index contributed by atoms with van der Waals surface area (Å²) < 4.78 is 0. The molecule has 1 atom stereocenters. The van der Waals surface area contributed by atoms with E-state index in [-0.39, 0.29) is 17.5 Å². The van der Waals surface area contributed by atoms with Gasteiger partial charge < -0.3 is 15.8 Å². The molecule has 0 saturated heterocycles. The molecule has 4 heteroatoms. The van der Waals surface area contributed by atoms with Crippen molar-refractivity contribution in [3.63, 3.8) is 0 Å². The normalized spacial score (nSPS) is 23.4. The Morgan fingerprint density at radius 2 is 2.12 bits per heavy atom. The van der Waals surface area contributed by atoms with Crippen molar-refractivity contribution in [2.24, 2.45) is 10.9 Å². The summed E-state index contributed by atoms with van der Waals surface area (Å²) in [5.74, 6) is 0.178. The van der Waals surface area contributed by atoms with Crippen LogP contribution in [0.2, 0.25) is 0 Å². The van der Waals surface area contributed by atoms with Gasteiger partial charge in [0, 0.05) is 5.54 Å². The maximum atomic E-state index is 8.91. The third-order valence-electron chi connectivity index (χ3n) is 3.52. The molecule has 0 bridgehead atoms. The highest BCUT2D eigenvalue weighted by Gasteiger charge is 2.38. The fourth-order valence-electron chi connectivity index (χ4n) is 2.87. The zero-order chi connectivity index (χ0) is 12.6. The molecule has 0 saturated carbocycles. The molecule has 92 valence electrons. The van der Waals surface area contributed by atoms with Crippen molar-refractivity contribution in [1.82, 2.24) is 4.90 Å². The van der Waals surface area contributed by atoms with E-state index in [1.54, 1.807) is 0 Å². The molecule has 0 amide bonds. The lowest BCUT2D eigenvalue weighted by Crippen LogP contribution is -2.55. The topological polar surface area (TPSA) is 61.8 Å². The molecule has 1 aliphatic rings. The summed E-state index contributed by atoms with van der Waals surface area (Å²) >= 11 is 0. The first-order valence-corrected chi connectivity index (χ1v) is 5.82. The van der Waals surface area contributed by atoms with E-state index >= 15 is 0 Å². The first-order chi connectivity index (χ1) is 7.97. The predicted molar refractivity (Wildman–Crippen MR) is 67.9 cm³/mol. The third-order valence-corrected chi connectivity index (χ3v) is 3.52. The average molecular weight is 233 g/mol. The van der Waals surface area contributed by atoms with Gasteiger partial charge in [0.1, 0.15) is 0 Å². The summed E-state index contributed by atoms with van der Waals surface area (Å²) in [6.45, 7) is 6.30. The fourth-order valence-corrected chi connectivity index (χ4v) is 2.87. The van der Waals surface area contributed by atoms with Crippen molar-refractivity contribution in [2.45, 2.75) is 38.8 Å². The highest BCUT2D eigenvalue weighted by molar-refractivity contribution is 5.79. The SMILES string of the molecule is C[C@H]1c2ccccc2CC(C)(C)N1C(N)=NO. The molecule has 2 rings (SSSR count). The minimum atomic E-state index is -0.149. The van der Waals surface area contributed by atoms with E-state index in [1.807, 2.05) is 11.0 Å². The Morgan fingerprint density at radius 3 is 2.76 bits per heavy atom. The summed E-state index contributed by atoms with van der Waals surface area (Å²) in [5.41, 5.74) is 8.24. The lowest BCUT2D eigenvalue weighted by molar-refractivity contribution is 0.139. The van der Waals surface area contributed by atoms with Crippen LogP contribution >= 0.6 is 0 Å². The predicted octanol–water partition coefficient (Wildman–Crippen LogP) is 2.09. The molecule has 0 radical (unpaired) electrons. The van der Waals surface area contributed by atoms with E-state index in [0.717, 1.165) is 6.42 Å². The van der Waals surface area contributed by atoms with Gasteiger partial charge in [0.25, 0.3) is 0 Å². The average Bonchev–Trinajstić information content (AvgIpc) is 2.27. The second kappa shape index (κ2) is 3.95. The van der Waals surface area contributed by atoms with Crippen molar-refractivity contribution < 1.29 is 5.21 Å². The van der Waals surface area contributed by atoms with Crippen LogP contribution in [0.1, 0.15) is 37.9 Å². The molecule has 3 N–H and O–H groups in total. The van der Waals surface area contributed by atoms with Gasteiger partial charge in [-0.25, -0.2) is 0 Å². The highest BCUT2D eigenvalue weighted by atomic mass is 16.4. The summed E-state index contributed by atoms with van der Waals surface area (Å²) in [4.78, 5) is 1.97. The number of oxime groups is 1. The van der Waals surface area contributed by atoms with E-state index in [2.05, 4.69) is 44.1 Å². The summed E-state index contributed by atoms with van der Waals surface area (Å²) in [5, 5.41) is 12.1. The Balaban J connectivity index is 2.51. The molecule has 4 nitrogen and oxygen atoms in total. The molecule has 1 heterocycles. The van der Waals surface area contributed by atoms with Gasteiger partial charge in [-0.3, -0.25) is 0 Å². The van der Waals surface area contributed by atoms with Crippen LogP contribution in [-0.2, 0) is 6.42 Å². The number of fused-ring (bicyclic) bond motifs is 1. The third kappa shape index (κ3) is 1.84. The van der Waals surface area contributed by atoms with E-state index < -0.39 is 0 Å². The van der Waals surface area contributed by atoms with Crippen LogP contribution in [0.4, 0.5) is 0 Å². The smallest absolute Gasteiger partial charge is 0.234 e. The molecule has 1 aliphatic heterocycles. The Kier molecular flexibility index (Phi) is 2.73. The van der Waals surface area contributed by atoms with Gasteiger partial charge in [-0.05, 0) is 38.3 Å². The summed E-state index contributed by atoms with van der Waals surface area (Å²) in [6.07, 6.45) is 0.893. The number of nitrogens with zero attached hydrogens (tertiary/aromatic N) is 2. The monoisotopic (exact) mass is 233 g/mol. The van der Waals surface area contributed by atoms with Crippen molar-refractivity contribution in [1.29, 1.82) is 0 Å². The van der Waals surface area contributed by atoms with Crippen LogP contribution in [0.15, 0.2) is 29.4 Å². The van der Waals surface area contributed by atoms with Crippen LogP contribution in [0.3, 0.4) is 0 Å². The highest BCUT2D eigenvalue weighted by Crippen LogP contribution is 2.37. The largest absolute Gasteiger partial charge is 0.408 e. The number of benzene rings is 1. The number of hydrogen-bond acceptors (Lipinski definition) is 2. The Bertz CT molecular complexity index is 454. The van der Waals surface area contributed by atoms with Crippen LogP contribution in [0.25, 0.3) is 0 Å². The molecule has 0 unspecified atom stereocenters. The van der Waals surface area contributed by atoms with Crippen LogP contribution in [0, 0.1) is 0 Å². The maximum absolute atomic E-state index is 8.91. The zero-order valence-corrected chi connectivity index (χ0v) is 10.5. The van der Waals surface area contributed by atoms with Crippen LogP contribution < -0.4 is 5.73 Å². The van der Waals surface area contributed by atoms with Crippen molar-refractivity contribution in [3.05, 3.63) is 35.4 Å². The molecular weight excluding hydrogens is 214 g/mol. The van der Waals surface area contributed by atoms with Crippen LogP contribution in [0.5, 0.6) is 0 Å². The van der Waals surface area contributed by atoms with E-state index in [1.165, 1.54) is 11.1 Å². The second-order valence-corrected chi connectivity index (χ2v) is 5.19. The first kappa shape index (κ1) is 11.8. The van der Waals surface area contributed by atoms with Gasteiger partial charge in [-0.15, -0.1) is 0 Å². The zero-order valence-electron chi connectivity index (χ0n) is 10.5. The van der Waals surface area contributed by atoms with E-state index in [0.29, 0.717) is 0 Å². The summed E-state index contributed by atoms with van der Waals surface area (Å²) in [7, 11) is 0. The number of guanidine groups is 1. The van der Waals surface area contributed by atoms with Gasteiger partial charge in [-0.2, -0.15) is 0 Å². The Hall–Kier alpha value is -1.71. The van der Waals surface area contributed by atoms with Gasteiger partial charge in [0.05, 0.1) is 6.04 Å². The van der Waals surface area contributed by atoms with Crippen molar-refractivity contribution in [3.8, 4) is 0 Å².